The predicted molar refractivity (Wildman–Crippen MR) is 87.2 cm³/mol. The Morgan fingerprint density at radius 2 is 1.73 bits per heavy atom. The van der Waals surface area contributed by atoms with Crippen molar-refractivity contribution in [1.82, 2.24) is 20.3 Å². The van der Waals surface area contributed by atoms with Gasteiger partial charge in [0.25, 0.3) is 0 Å². The average molecular weight is 375 g/mol. The lowest BCUT2D eigenvalue weighted by atomic mass is 10.2. The molecule has 4 aromatic rings. The Morgan fingerprint density at radius 1 is 0.962 bits per heavy atom. The van der Waals surface area contributed by atoms with Gasteiger partial charge in [0.2, 0.25) is 23.5 Å². The summed E-state index contributed by atoms with van der Waals surface area (Å²) in [4.78, 5) is 4.24. The fourth-order valence-electron chi connectivity index (χ4n) is 2.33. The van der Waals surface area contributed by atoms with Crippen LogP contribution in [0.5, 0.6) is 0 Å². The lowest BCUT2D eigenvalue weighted by Crippen LogP contribution is -1.89. The first-order valence-electron chi connectivity index (χ1n) is 7.45. The molecule has 0 unspecified atom stereocenters. The van der Waals surface area contributed by atoms with Crippen LogP contribution in [0.15, 0.2) is 51.4 Å². The number of hydrogen-bond donors (Lipinski definition) is 0. The molecule has 0 N–H and O–H groups in total. The molecule has 0 bridgehead atoms. The second-order valence-electron chi connectivity index (χ2n) is 5.33. The van der Waals surface area contributed by atoms with Crippen LogP contribution in [0, 0.1) is 11.6 Å². The first-order valence-corrected chi connectivity index (χ1v) is 7.82. The van der Waals surface area contributed by atoms with Crippen LogP contribution in [0.1, 0.15) is 11.8 Å². The van der Waals surface area contributed by atoms with Crippen molar-refractivity contribution in [2.45, 2.75) is 6.42 Å². The van der Waals surface area contributed by atoms with Crippen molar-refractivity contribution in [3.05, 3.63) is 70.9 Å². The molecule has 9 heteroatoms. The molecule has 130 valence electrons. The van der Waals surface area contributed by atoms with E-state index in [9.17, 15) is 8.78 Å². The zero-order chi connectivity index (χ0) is 18.1. The van der Waals surface area contributed by atoms with Crippen LogP contribution in [-0.2, 0) is 6.42 Å². The molecular weight excluding hydrogens is 366 g/mol. The van der Waals surface area contributed by atoms with E-state index >= 15 is 0 Å². The number of rotatable bonds is 4. The maximum atomic E-state index is 13.3. The molecule has 0 radical (unpaired) electrons. The van der Waals surface area contributed by atoms with E-state index in [4.69, 9.17) is 20.5 Å². The Balaban J connectivity index is 1.56. The van der Waals surface area contributed by atoms with E-state index in [-0.39, 0.29) is 29.7 Å². The molecule has 0 spiro atoms. The second-order valence-corrected chi connectivity index (χ2v) is 5.73. The van der Waals surface area contributed by atoms with E-state index in [0.29, 0.717) is 16.4 Å². The maximum absolute atomic E-state index is 13.3. The monoisotopic (exact) mass is 374 g/mol. The molecule has 2 aromatic carbocycles. The predicted octanol–water partition coefficient (Wildman–Crippen LogP) is 4.31. The van der Waals surface area contributed by atoms with Gasteiger partial charge in [0.05, 0.1) is 5.02 Å². The molecular formula is C17H9ClF2N4O2. The van der Waals surface area contributed by atoms with Gasteiger partial charge in [-0.3, -0.25) is 0 Å². The van der Waals surface area contributed by atoms with Gasteiger partial charge in [0.15, 0.2) is 0 Å². The van der Waals surface area contributed by atoms with Crippen molar-refractivity contribution in [2.75, 3.05) is 0 Å². The fraction of sp³-hybridized carbons (Fsp3) is 0.0588. The van der Waals surface area contributed by atoms with Gasteiger partial charge >= 0.3 is 0 Å². The summed E-state index contributed by atoms with van der Waals surface area (Å²) in [6.07, 6.45) is 0.0717. The van der Waals surface area contributed by atoms with E-state index in [2.05, 4.69) is 20.3 Å². The van der Waals surface area contributed by atoms with Gasteiger partial charge in [-0.15, -0.1) is 10.2 Å². The summed E-state index contributed by atoms with van der Waals surface area (Å²) in [7, 11) is 0. The molecule has 6 nitrogen and oxygen atoms in total. The summed E-state index contributed by atoms with van der Waals surface area (Å²) in [6, 6.07) is 10.0. The zero-order valence-electron chi connectivity index (χ0n) is 13.0. The topological polar surface area (TPSA) is 77.8 Å². The summed E-state index contributed by atoms with van der Waals surface area (Å²) >= 11 is 6.10. The molecule has 0 aliphatic rings. The molecule has 2 heterocycles. The van der Waals surface area contributed by atoms with E-state index in [1.807, 2.05) is 0 Å². The van der Waals surface area contributed by atoms with Crippen LogP contribution in [0.25, 0.3) is 22.8 Å². The molecule has 0 aliphatic heterocycles. The minimum atomic E-state index is -0.735. The number of halogens is 3. The smallest absolute Gasteiger partial charge is 0.247 e. The Labute approximate surface area is 150 Å². The van der Waals surface area contributed by atoms with E-state index in [1.165, 1.54) is 0 Å². The third kappa shape index (κ3) is 3.31. The normalized spacial score (nSPS) is 11.0. The van der Waals surface area contributed by atoms with Gasteiger partial charge in [-0.05, 0) is 24.3 Å². The summed E-state index contributed by atoms with van der Waals surface area (Å²) in [6.45, 7) is 0. The highest BCUT2D eigenvalue weighted by molar-refractivity contribution is 6.33. The second kappa shape index (κ2) is 6.64. The van der Waals surface area contributed by atoms with Crippen molar-refractivity contribution in [3.8, 4) is 22.8 Å². The number of benzene rings is 2. The zero-order valence-corrected chi connectivity index (χ0v) is 13.7. The number of hydrogen-bond acceptors (Lipinski definition) is 6. The first-order chi connectivity index (χ1) is 12.6. The van der Waals surface area contributed by atoms with E-state index in [1.54, 1.807) is 24.3 Å². The lowest BCUT2D eigenvalue weighted by Gasteiger charge is -1.96. The molecule has 0 saturated heterocycles. The Bertz CT molecular complexity index is 1060. The van der Waals surface area contributed by atoms with Crippen LogP contribution < -0.4 is 0 Å². The van der Waals surface area contributed by atoms with Crippen LogP contribution in [0.4, 0.5) is 8.78 Å². The molecule has 26 heavy (non-hydrogen) atoms. The van der Waals surface area contributed by atoms with Crippen molar-refractivity contribution in [3.63, 3.8) is 0 Å². The summed E-state index contributed by atoms with van der Waals surface area (Å²) < 4.78 is 37.2. The highest BCUT2D eigenvalue weighted by Crippen LogP contribution is 2.26. The van der Waals surface area contributed by atoms with Gasteiger partial charge in [0, 0.05) is 17.2 Å². The Hall–Kier alpha value is -3.13. The molecule has 0 atom stereocenters. The molecule has 0 amide bonds. The summed E-state index contributed by atoms with van der Waals surface area (Å²) in [5.74, 6) is -0.747. The third-order valence-corrected chi connectivity index (χ3v) is 3.79. The Kier molecular flexibility index (Phi) is 4.18. The number of aromatic nitrogens is 4. The van der Waals surface area contributed by atoms with E-state index < -0.39 is 11.6 Å². The minimum Gasteiger partial charge on any atom is -0.420 e. The minimum absolute atomic E-state index is 0.00996. The number of nitrogens with zero attached hydrogens (tertiary/aromatic N) is 4. The van der Waals surface area contributed by atoms with Crippen molar-refractivity contribution < 1.29 is 17.7 Å². The molecule has 4 rings (SSSR count). The molecule has 0 saturated carbocycles. The highest BCUT2D eigenvalue weighted by atomic mass is 35.5. The van der Waals surface area contributed by atoms with Crippen molar-refractivity contribution >= 4 is 11.6 Å². The first kappa shape index (κ1) is 16.3. The van der Waals surface area contributed by atoms with Gasteiger partial charge in [-0.1, -0.05) is 28.9 Å². The molecule has 0 fully saturated rings. The van der Waals surface area contributed by atoms with Crippen LogP contribution >= 0.6 is 11.6 Å². The highest BCUT2D eigenvalue weighted by Gasteiger charge is 2.16. The standard InChI is InChI=1S/C17H9ClF2N4O2/c18-13-4-2-1-3-12(13)16-21-14(26-24-16)8-15-22-23-17(25-15)9-5-10(19)7-11(20)6-9/h1-7H,8H2. The SMILES string of the molecule is Fc1cc(F)cc(-c2nnc(Cc3nc(-c4ccccc4Cl)no3)o2)c1. The van der Waals surface area contributed by atoms with Crippen LogP contribution in [0.3, 0.4) is 0 Å². The lowest BCUT2D eigenvalue weighted by molar-refractivity contribution is 0.374. The fourth-order valence-corrected chi connectivity index (χ4v) is 2.55. The summed E-state index contributed by atoms with van der Waals surface area (Å²) in [5, 5.41) is 12.0. The van der Waals surface area contributed by atoms with Crippen LogP contribution in [-0.4, -0.2) is 20.3 Å². The van der Waals surface area contributed by atoms with Crippen molar-refractivity contribution in [1.29, 1.82) is 0 Å². The van der Waals surface area contributed by atoms with Gasteiger partial charge in [-0.2, -0.15) is 4.98 Å². The maximum Gasteiger partial charge on any atom is 0.247 e. The quantitative estimate of drug-likeness (QED) is 0.529. The molecule has 2 aromatic heterocycles. The van der Waals surface area contributed by atoms with E-state index in [0.717, 1.165) is 18.2 Å². The largest absolute Gasteiger partial charge is 0.420 e. The summed E-state index contributed by atoms with van der Waals surface area (Å²) in [5.41, 5.74) is 0.772. The Morgan fingerprint density at radius 3 is 2.50 bits per heavy atom. The average Bonchev–Trinajstić information content (AvgIpc) is 3.24. The van der Waals surface area contributed by atoms with Crippen molar-refractivity contribution in [2.24, 2.45) is 0 Å². The van der Waals surface area contributed by atoms with Gasteiger partial charge in [0.1, 0.15) is 18.1 Å². The third-order valence-electron chi connectivity index (χ3n) is 3.46. The molecule has 0 aliphatic carbocycles. The van der Waals surface area contributed by atoms with Gasteiger partial charge < -0.3 is 8.94 Å². The van der Waals surface area contributed by atoms with Crippen LogP contribution in [0.2, 0.25) is 5.02 Å². The van der Waals surface area contributed by atoms with Gasteiger partial charge in [-0.25, -0.2) is 8.78 Å².